The van der Waals surface area contributed by atoms with Gasteiger partial charge >= 0.3 is 97.7 Å². The Morgan fingerprint density at radius 1 is 0.667 bits per heavy atom. The zero-order valence-electron chi connectivity index (χ0n) is 11.8. The molecule has 0 aromatic carbocycles. The van der Waals surface area contributed by atoms with Crippen LogP contribution in [0.3, 0.4) is 0 Å². The third kappa shape index (κ3) is 4.85. The summed E-state index contributed by atoms with van der Waals surface area (Å²) in [6.07, 6.45) is 13.2. The second-order valence-electron chi connectivity index (χ2n) is 5.75. The average Bonchev–Trinajstić information content (AvgIpc) is 2.26. The van der Waals surface area contributed by atoms with Gasteiger partial charge < -0.3 is 0 Å². The molecule has 0 heterocycles. The Kier molecular flexibility index (Phi) is 7.09. The minimum atomic E-state index is -1.27. The molecule has 0 N–H and O–H groups in total. The van der Waals surface area contributed by atoms with Crippen LogP contribution in [0.4, 0.5) is 0 Å². The van der Waals surface area contributed by atoms with Crippen molar-refractivity contribution in [2.75, 3.05) is 31.3 Å². The van der Waals surface area contributed by atoms with E-state index in [1.54, 1.807) is 6.16 Å². The topological polar surface area (TPSA) is 0 Å². The molecule has 0 bridgehead atoms. The Bertz CT molecular complexity index is 159. The molecule has 94 valence electrons. The maximum absolute atomic E-state index is 2.67. The van der Waals surface area contributed by atoms with E-state index in [2.05, 4.69) is 34.4 Å². The molecule has 0 aliphatic carbocycles. The number of unbranched alkanes of at least 4 members (excludes halogenated alkanes) is 3. The van der Waals surface area contributed by atoms with Gasteiger partial charge in [0, 0.05) is 0 Å². The van der Waals surface area contributed by atoms with Crippen molar-refractivity contribution in [2.24, 2.45) is 0 Å². The molecular weight excluding hydrogens is 199 g/mol. The molecule has 0 nitrogen and oxygen atoms in total. The van der Waals surface area contributed by atoms with Crippen LogP contribution in [0.15, 0.2) is 0 Å². The average molecular weight is 232 g/mol. The fourth-order valence-electron chi connectivity index (χ4n) is 2.70. The molecule has 0 saturated heterocycles. The maximum atomic E-state index is 2.67. The van der Waals surface area contributed by atoms with Crippen molar-refractivity contribution in [2.45, 2.75) is 59.8 Å². The molecule has 0 aliphatic heterocycles. The van der Waals surface area contributed by atoms with Gasteiger partial charge in [-0.15, -0.1) is 0 Å². The van der Waals surface area contributed by atoms with Gasteiger partial charge in [-0.25, -0.2) is 0 Å². The van der Waals surface area contributed by atoms with Gasteiger partial charge in [-0.3, -0.25) is 0 Å². The van der Waals surface area contributed by atoms with Crippen molar-refractivity contribution in [3.05, 3.63) is 0 Å². The van der Waals surface area contributed by atoms with E-state index in [1.807, 2.05) is 0 Å². The fraction of sp³-hybridized carbons (Fsp3) is 1.00. The number of hydrogen-bond acceptors (Lipinski definition) is 0. The van der Waals surface area contributed by atoms with Crippen LogP contribution >= 0.6 is 6.60 Å². The zero-order valence-corrected chi connectivity index (χ0v) is 12.7. The summed E-state index contributed by atoms with van der Waals surface area (Å²) >= 11 is 0. The Hall–Kier alpha value is 0.430. The van der Waals surface area contributed by atoms with E-state index in [0.717, 1.165) is 0 Å². The first-order chi connectivity index (χ1) is 7.04. The molecule has 1 heteroatoms. The molecule has 0 amide bonds. The first-order valence-corrected chi connectivity index (χ1v) is 10.5. The SMILES string of the molecule is CCCCCCP(C)(CC)(CC)CCC. The van der Waals surface area contributed by atoms with Crippen molar-refractivity contribution in [1.29, 1.82) is 0 Å². The van der Waals surface area contributed by atoms with Gasteiger partial charge in [0.25, 0.3) is 0 Å². The molecule has 0 spiro atoms. The summed E-state index contributed by atoms with van der Waals surface area (Å²) in [5.41, 5.74) is 0. The molecular formula is C14H33P. The molecule has 0 unspecified atom stereocenters. The van der Waals surface area contributed by atoms with Gasteiger partial charge in [0.1, 0.15) is 0 Å². The molecule has 0 radical (unpaired) electrons. The summed E-state index contributed by atoms with van der Waals surface area (Å²) in [4.78, 5) is 0. The summed E-state index contributed by atoms with van der Waals surface area (Å²) in [6, 6.07) is 0. The van der Waals surface area contributed by atoms with Crippen LogP contribution in [0.2, 0.25) is 0 Å². The molecule has 0 saturated carbocycles. The van der Waals surface area contributed by atoms with Gasteiger partial charge in [-0.05, 0) is 0 Å². The first kappa shape index (κ1) is 15.4. The second kappa shape index (κ2) is 6.89. The first-order valence-electron chi connectivity index (χ1n) is 7.04. The van der Waals surface area contributed by atoms with Gasteiger partial charge in [0.2, 0.25) is 0 Å². The van der Waals surface area contributed by atoms with Crippen LogP contribution in [-0.4, -0.2) is 31.3 Å². The molecule has 0 rings (SSSR count). The van der Waals surface area contributed by atoms with E-state index < -0.39 is 6.60 Å². The van der Waals surface area contributed by atoms with E-state index in [0.29, 0.717) is 0 Å². The predicted octanol–water partition coefficient (Wildman–Crippen LogP) is 5.20. The van der Waals surface area contributed by atoms with Gasteiger partial charge in [0.15, 0.2) is 0 Å². The van der Waals surface area contributed by atoms with Crippen LogP contribution in [-0.2, 0) is 0 Å². The minimum absolute atomic E-state index is 1.27. The Morgan fingerprint density at radius 2 is 1.27 bits per heavy atom. The van der Waals surface area contributed by atoms with Crippen LogP contribution in [0.25, 0.3) is 0 Å². The normalized spacial score (nSPS) is 14.9. The monoisotopic (exact) mass is 232 g/mol. The van der Waals surface area contributed by atoms with Crippen LogP contribution in [0, 0.1) is 0 Å². The molecule has 15 heavy (non-hydrogen) atoms. The Labute approximate surface area is 98.2 Å². The fourth-order valence-corrected chi connectivity index (χ4v) is 7.24. The number of hydrogen-bond donors (Lipinski definition) is 0. The van der Waals surface area contributed by atoms with E-state index >= 15 is 0 Å². The summed E-state index contributed by atoms with van der Waals surface area (Å²) < 4.78 is 0. The van der Waals surface area contributed by atoms with E-state index in [9.17, 15) is 0 Å². The summed E-state index contributed by atoms with van der Waals surface area (Å²) in [6.45, 7) is 11.0. The zero-order chi connectivity index (χ0) is 11.8. The Balaban J connectivity index is 4.23. The van der Waals surface area contributed by atoms with E-state index in [4.69, 9.17) is 0 Å². The van der Waals surface area contributed by atoms with Crippen molar-refractivity contribution in [3.63, 3.8) is 0 Å². The van der Waals surface area contributed by atoms with Gasteiger partial charge in [-0.2, -0.15) is 0 Å². The number of rotatable bonds is 9. The van der Waals surface area contributed by atoms with E-state index in [-0.39, 0.29) is 0 Å². The standard InChI is InChI=1S/C14H33P/c1-6-10-11-12-14-15(5,8-3,9-4)13-7-2/h6-14H2,1-5H3. The second-order valence-corrected chi connectivity index (χ2v) is 13.1. The molecule has 0 aliphatic rings. The summed E-state index contributed by atoms with van der Waals surface area (Å²) in [5, 5.41) is 0. The van der Waals surface area contributed by atoms with E-state index in [1.165, 1.54) is 50.6 Å². The molecule has 0 aromatic rings. The Morgan fingerprint density at radius 3 is 1.67 bits per heavy atom. The van der Waals surface area contributed by atoms with Crippen molar-refractivity contribution in [1.82, 2.24) is 0 Å². The van der Waals surface area contributed by atoms with Crippen LogP contribution < -0.4 is 0 Å². The summed E-state index contributed by atoms with van der Waals surface area (Å²) in [5.74, 6) is 0. The van der Waals surface area contributed by atoms with Gasteiger partial charge in [0.05, 0.1) is 0 Å². The third-order valence-corrected chi connectivity index (χ3v) is 12.1. The van der Waals surface area contributed by atoms with Gasteiger partial charge in [-0.1, -0.05) is 0 Å². The molecule has 0 aromatic heterocycles. The van der Waals surface area contributed by atoms with Crippen molar-refractivity contribution in [3.8, 4) is 0 Å². The summed E-state index contributed by atoms with van der Waals surface area (Å²) in [7, 11) is 0. The third-order valence-electron chi connectivity index (χ3n) is 4.61. The van der Waals surface area contributed by atoms with Crippen LogP contribution in [0.1, 0.15) is 59.8 Å². The molecule has 0 fully saturated rings. The predicted molar refractivity (Wildman–Crippen MR) is 78.1 cm³/mol. The quantitative estimate of drug-likeness (QED) is 0.378. The van der Waals surface area contributed by atoms with Crippen molar-refractivity contribution < 1.29 is 0 Å². The van der Waals surface area contributed by atoms with Crippen LogP contribution in [0.5, 0.6) is 0 Å². The van der Waals surface area contributed by atoms with Crippen molar-refractivity contribution >= 4 is 6.60 Å². The molecule has 0 atom stereocenters.